The van der Waals surface area contributed by atoms with Crippen LogP contribution in [0.2, 0.25) is 0 Å². The smallest absolute Gasteiger partial charge is 0.273 e. The van der Waals surface area contributed by atoms with Gasteiger partial charge in [-0.1, -0.05) is 5.16 Å². The van der Waals surface area contributed by atoms with Crippen LogP contribution in [-0.4, -0.2) is 44.3 Å². The summed E-state index contributed by atoms with van der Waals surface area (Å²) in [6.45, 7) is 2.05. The van der Waals surface area contributed by atoms with E-state index < -0.39 is 5.91 Å². The second-order valence-corrected chi connectivity index (χ2v) is 4.88. The lowest BCUT2D eigenvalue weighted by molar-refractivity contribution is -0.118. The number of benzene rings is 1. The molecule has 24 heavy (non-hydrogen) atoms. The lowest BCUT2D eigenvalue weighted by Gasteiger charge is -2.07. The highest BCUT2D eigenvalue weighted by Gasteiger charge is 2.17. The summed E-state index contributed by atoms with van der Waals surface area (Å²) < 4.78 is 15.7. The van der Waals surface area contributed by atoms with Gasteiger partial charge in [0, 0.05) is 26.1 Å². The number of aromatic nitrogens is 1. The first-order valence-corrected chi connectivity index (χ1v) is 7.27. The summed E-state index contributed by atoms with van der Waals surface area (Å²) in [5.74, 6) is 1.04. The van der Waals surface area contributed by atoms with Gasteiger partial charge in [0.05, 0.1) is 19.8 Å². The highest BCUT2D eigenvalue weighted by molar-refractivity contribution is 5.93. The molecule has 0 atom stereocenters. The van der Waals surface area contributed by atoms with Gasteiger partial charge in [-0.05, 0) is 18.2 Å². The van der Waals surface area contributed by atoms with Crippen LogP contribution >= 0.6 is 0 Å². The zero-order valence-electron chi connectivity index (χ0n) is 13.7. The Balaban J connectivity index is 2.10. The Morgan fingerprint density at radius 3 is 2.54 bits per heavy atom. The third-order valence-corrected chi connectivity index (χ3v) is 3.20. The fourth-order valence-corrected chi connectivity index (χ4v) is 2.02. The van der Waals surface area contributed by atoms with Crippen molar-refractivity contribution in [1.82, 2.24) is 15.8 Å². The third kappa shape index (κ3) is 4.25. The van der Waals surface area contributed by atoms with Gasteiger partial charge in [0.15, 0.2) is 11.5 Å². The van der Waals surface area contributed by atoms with Gasteiger partial charge in [0.2, 0.25) is 5.91 Å². The number of hydrogen-bond acceptors (Lipinski definition) is 6. The molecule has 128 valence electrons. The minimum atomic E-state index is -0.391. The average molecular weight is 333 g/mol. The number of methoxy groups -OCH3 is 2. The van der Waals surface area contributed by atoms with Gasteiger partial charge in [-0.15, -0.1) is 0 Å². The van der Waals surface area contributed by atoms with E-state index >= 15 is 0 Å². The molecule has 0 unspecified atom stereocenters. The summed E-state index contributed by atoms with van der Waals surface area (Å²) >= 11 is 0. The molecular weight excluding hydrogens is 314 g/mol. The molecule has 0 aliphatic heterocycles. The topological polar surface area (TPSA) is 103 Å². The molecule has 0 fully saturated rings. The van der Waals surface area contributed by atoms with Crippen LogP contribution in [0.5, 0.6) is 11.5 Å². The van der Waals surface area contributed by atoms with Crippen LogP contribution in [0.3, 0.4) is 0 Å². The lowest BCUT2D eigenvalue weighted by Crippen LogP contribution is -2.33. The maximum atomic E-state index is 12.0. The Bertz CT molecular complexity index is 726. The first kappa shape index (κ1) is 17.3. The van der Waals surface area contributed by atoms with Crippen LogP contribution < -0.4 is 20.1 Å². The number of amides is 2. The van der Waals surface area contributed by atoms with E-state index in [1.165, 1.54) is 20.1 Å². The van der Waals surface area contributed by atoms with Gasteiger partial charge in [-0.3, -0.25) is 9.59 Å². The normalized spacial score (nSPS) is 10.1. The van der Waals surface area contributed by atoms with Crippen molar-refractivity contribution in [2.45, 2.75) is 6.92 Å². The molecule has 2 aromatic rings. The van der Waals surface area contributed by atoms with Gasteiger partial charge in [-0.2, -0.15) is 0 Å². The SMILES string of the molecule is COc1ccc(OC)c(-c2cc(C(=O)NCCNC(C)=O)no2)c1. The summed E-state index contributed by atoms with van der Waals surface area (Å²) in [7, 11) is 3.09. The van der Waals surface area contributed by atoms with Crippen molar-refractivity contribution >= 4 is 11.8 Å². The van der Waals surface area contributed by atoms with Gasteiger partial charge >= 0.3 is 0 Å². The third-order valence-electron chi connectivity index (χ3n) is 3.20. The molecular formula is C16H19N3O5. The molecule has 1 heterocycles. The fraction of sp³-hybridized carbons (Fsp3) is 0.312. The van der Waals surface area contributed by atoms with Crippen LogP contribution in [-0.2, 0) is 4.79 Å². The van der Waals surface area contributed by atoms with E-state index in [1.807, 2.05) is 0 Å². The molecule has 1 aromatic heterocycles. The molecule has 0 radical (unpaired) electrons. The minimum absolute atomic E-state index is 0.137. The first-order chi connectivity index (χ1) is 11.5. The van der Waals surface area contributed by atoms with Crippen molar-refractivity contribution in [1.29, 1.82) is 0 Å². The maximum Gasteiger partial charge on any atom is 0.273 e. The summed E-state index contributed by atoms with van der Waals surface area (Å²) in [5, 5.41) is 8.99. The molecule has 0 bridgehead atoms. The number of nitrogens with one attached hydrogen (secondary N) is 2. The fourth-order valence-electron chi connectivity index (χ4n) is 2.02. The summed E-state index contributed by atoms with van der Waals surface area (Å²) in [6.07, 6.45) is 0. The van der Waals surface area contributed by atoms with Crippen molar-refractivity contribution in [3.63, 3.8) is 0 Å². The molecule has 0 aliphatic carbocycles. The van der Waals surface area contributed by atoms with E-state index in [2.05, 4.69) is 15.8 Å². The molecule has 8 heteroatoms. The quantitative estimate of drug-likeness (QED) is 0.739. The standard InChI is InChI=1S/C16H19N3O5/c1-10(20)17-6-7-18-16(21)13-9-15(24-19-13)12-8-11(22-2)4-5-14(12)23-3/h4-5,8-9H,6-7H2,1-3H3,(H,17,20)(H,18,21). The second-order valence-electron chi connectivity index (χ2n) is 4.88. The van der Waals surface area contributed by atoms with Gasteiger partial charge in [0.25, 0.3) is 5.91 Å². The van der Waals surface area contributed by atoms with Crippen molar-refractivity contribution in [2.75, 3.05) is 27.3 Å². The Labute approximate surface area is 139 Å². The second kappa shape index (κ2) is 8.00. The Morgan fingerprint density at radius 2 is 1.88 bits per heavy atom. The molecule has 0 spiro atoms. The molecule has 8 nitrogen and oxygen atoms in total. The minimum Gasteiger partial charge on any atom is -0.497 e. The Morgan fingerprint density at radius 1 is 1.12 bits per heavy atom. The first-order valence-electron chi connectivity index (χ1n) is 7.27. The molecule has 2 rings (SSSR count). The number of hydrogen-bond donors (Lipinski definition) is 2. The summed E-state index contributed by atoms with van der Waals surface area (Å²) in [5.41, 5.74) is 0.763. The zero-order chi connectivity index (χ0) is 17.5. The van der Waals surface area contributed by atoms with Crippen molar-refractivity contribution in [3.05, 3.63) is 30.0 Å². The number of carbonyl (C=O) groups excluding carboxylic acids is 2. The molecule has 0 aliphatic rings. The van der Waals surface area contributed by atoms with Crippen molar-refractivity contribution in [2.24, 2.45) is 0 Å². The van der Waals surface area contributed by atoms with Crippen molar-refractivity contribution < 1.29 is 23.6 Å². The highest BCUT2D eigenvalue weighted by Crippen LogP contribution is 2.33. The molecule has 0 saturated heterocycles. The molecule has 0 saturated carbocycles. The monoisotopic (exact) mass is 333 g/mol. The van der Waals surface area contributed by atoms with E-state index in [0.717, 1.165) is 0 Å². The predicted octanol–water partition coefficient (Wildman–Crippen LogP) is 1.22. The van der Waals surface area contributed by atoms with Crippen LogP contribution in [0, 0.1) is 0 Å². The maximum absolute atomic E-state index is 12.0. The van der Waals surface area contributed by atoms with E-state index in [9.17, 15) is 9.59 Å². The number of carbonyl (C=O) groups is 2. The number of rotatable bonds is 7. The van der Waals surface area contributed by atoms with Crippen molar-refractivity contribution in [3.8, 4) is 22.8 Å². The van der Waals surface area contributed by atoms with E-state index in [-0.39, 0.29) is 11.6 Å². The highest BCUT2D eigenvalue weighted by atomic mass is 16.5. The number of ether oxygens (including phenoxy) is 2. The Kier molecular flexibility index (Phi) is 5.78. The van der Waals surface area contributed by atoms with E-state index in [1.54, 1.807) is 25.3 Å². The zero-order valence-corrected chi connectivity index (χ0v) is 13.7. The summed E-state index contributed by atoms with van der Waals surface area (Å²) in [4.78, 5) is 22.8. The Hall–Kier alpha value is -3.03. The van der Waals surface area contributed by atoms with E-state index in [4.69, 9.17) is 14.0 Å². The molecule has 1 aromatic carbocycles. The summed E-state index contributed by atoms with van der Waals surface area (Å²) in [6, 6.07) is 6.75. The predicted molar refractivity (Wildman–Crippen MR) is 86.1 cm³/mol. The van der Waals surface area contributed by atoms with Crippen LogP contribution in [0.25, 0.3) is 11.3 Å². The van der Waals surface area contributed by atoms with E-state index in [0.29, 0.717) is 35.9 Å². The largest absolute Gasteiger partial charge is 0.497 e. The van der Waals surface area contributed by atoms with Gasteiger partial charge < -0.3 is 24.6 Å². The molecule has 2 N–H and O–H groups in total. The molecule has 2 amide bonds. The number of nitrogens with zero attached hydrogens (tertiary/aromatic N) is 1. The van der Waals surface area contributed by atoms with Crippen LogP contribution in [0.4, 0.5) is 0 Å². The van der Waals surface area contributed by atoms with Crippen LogP contribution in [0.1, 0.15) is 17.4 Å². The van der Waals surface area contributed by atoms with Gasteiger partial charge in [-0.25, -0.2) is 0 Å². The average Bonchev–Trinajstić information content (AvgIpc) is 3.07. The lowest BCUT2D eigenvalue weighted by atomic mass is 10.1. The van der Waals surface area contributed by atoms with Crippen LogP contribution in [0.15, 0.2) is 28.8 Å². The van der Waals surface area contributed by atoms with Gasteiger partial charge in [0.1, 0.15) is 11.5 Å².